The molecule has 4 nitrogen and oxygen atoms in total. The number of hydrogen-bond acceptors (Lipinski definition) is 4. The summed E-state index contributed by atoms with van der Waals surface area (Å²) in [5, 5.41) is 6.51. The minimum absolute atomic E-state index is 0.303. The monoisotopic (exact) mass is 200 g/mol. The first-order valence-corrected chi connectivity index (χ1v) is 4.48. The van der Waals surface area contributed by atoms with Crippen molar-refractivity contribution in [3.8, 4) is 0 Å². The zero-order chi connectivity index (χ0) is 9.84. The Bertz CT molecular complexity index is 287. The van der Waals surface area contributed by atoms with Crippen LogP contribution in [0.25, 0.3) is 0 Å². The molecule has 2 N–H and O–H groups in total. The maximum atomic E-state index is 5.88. The fraction of sp³-hybridized carbons (Fsp3) is 0.500. The van der Waals surface area contributed by atoms with Crippen molar-refractivity contribution in [3.63, 3.8) is 0 Å². The molecule has 0 unspecified atom stereocenters. The van der Waals surface area contributed by atoms with Crippen molar-refractivity contribution >= 4 is 23.4 Å². The highest BCUT2D eigenvalue weighted by atomic mass is 35.5. The topological polar surface area (TPSA) is 49.8 Å². The van der Waals surface area contributed by atoms with Crippen LogP contribution < -0.4 is 10.6 Å². The lowest BCUT2D eigenvalue weighted by Crippen LogP contribution is -2.12. The summed E-state index contributed by atoms with van der Waals surface area (Å²) in [6, 6.07) is 0.303. The van der Waals surface area contributed by atoms with Gasteiger partial charge in [-0.05, 0) is 13.8 Å². The van der Waals surface area contributed by atoms with Gasteiger partial charge in [0, 0.05) is 13.1 Å². The van der Waals surface area contributed by atoms with E-state index in [4.69, 9.17) is 11.6 Å². The van der Waals surface area contributed by atoms with Gasteiger partial charge in [0.25, 0.3) is 0 Å². The molecule has 72 valence electrons. The Morgan fingerprint density at radius 2 is 2.15 bits per heavy atom. The molecular formula is C8H13ClN4. The molecule has 5 heteroatoms. The van der Waals surface area contributed by atoms with E-state index < -0.39 is 0 Å². The second kappa shape index (κ2) is 4.28. The second-order valence-corrected chi connectivity index (χ2v) is 3.35. The number of halogens is 1. The molecule has 1 rings (SSSR count). The van der Waals surface area contributed by atoms with E-state index in [0.717, 1.165) is 0 Å². The quantitative estimate of drug-likeness (QED) is 0.784. The van der Waals surface area contributed by atoms with Crippen LogP contribution in [0.3, 0.4) is 0 Å². The summed E-state index contributed by atoms with van der Waals surface area (Å²) in [6.07, 6.45) is 1.57. The molecule has 0 aliphatic heterocycles. The summed E-state index contributed by atoms with van der Waals surface area (Å²) in [6.45, 7) is 4.05. The molecule has 1 aromatic heterocycles. The molecule has 0 atom stereocenters. The third kappa shape index (κ3) is 2.73. The lowest BCUT2D eigenvalue weighted by Gasteiger charge is -2.10. The first-order valence-electron chi connectivity index (χ1n) is 4.10. The van der Waals surface area contributed by atoms with Crippen LogP contribution in [0.5, 0.6) is 0 Å². The van der Waals surface area contributed by atoms with Crippen molar-refractivity contribution in [1.29, 1.82) is 0 Å². The van der Waals surface area contributed by atoms with Gasteiger partial charge in [-0.15, -0.1) is 0 Å². The summed E-state index contributed by atoms with van der Waals surface area (Å²) in [5.41, 5.74) is 0. The van der Waals surface area contributed by atoms with Crippen LogP contribution in [-0.2, 0) is 0 Å². The van der Waals surface area contributed by atoms with Crippen LogP contribution >= 0.6 is 11.6 Å². The first kappa shape index (κ1) is 10.1. The summed E-state index contributed by atoms with van der Waals surface area (Å²) >= 11 is 5.88. The van der Waals surface area contributed by atoms with E-state index in [2.05, 4.69) is 20.6 Å². The van der Waals surface area contributed by atoms with E-state index in [-0.39, 0.29) is 0 Å². The van der Waals surface area contributed by atoms with E-state index >= 15 is 0 Å². The molecule has 0 radical (unpaired) electrons. The van der Waals surface area contributed by atoms with Gasteiger partial charge in [-0.3, -0.25) is 0 Å². The fourth-order valence-corrected chi connectivity index (χ4v) is 1.01. The SMILES string of the molecule is CNc1ncc(Cl)c(NC(C)C)n1. The molecule has 1 aromatic rings. The van der Waals surface area contributed by atoms with Crippen LogP contribution in [0, 0.1) is 0 Å². The summed E-state index contributed by atoms with van der Waals surface area (Å²) in [4.78, 5) is 8.14. The Balaban J connectivity index is 2.90. The van der Waals surface area contributed by atoms with Crippen LogP contribution in [0.15, 0.2) is 6.20 Å². The van der Waals surface area contributed by atoms with Gasteiger partial charge >= 0.3 is 0 Å². The average molecular weight is 201 g/mol. The highest BCUT2D eigenvalue weighted by Crippen LogP contribution is 2.19. The van der Waals surface area contributed by atoms with Crippen LogP contribution in [0.4, 0.5) is 11.8 Å². The van der Waals surface area contributed by atoms with Gasteiger partial charge in [-0.2, -0.15) is 4.98 Å². The summed E-state index contributed by atoms with van der Waals surface area (Å²) in [5.74, 6) is 1.23. The van der Waals surface area contributed by atoms with Crippen molar-refractivity contribution in [3.05, 3.63) is 11.2 Å². The third-order valence-corrected chi connectivity index (χ3v) is 1.67. The molecule has 0 fully saturated rings. The summed E-state index contributed by atoms with van der Waals surface area (Å²) in [7, 11) is 1.77. The highest BCUT2D eigenvalue weighted by Gasteiger charge is 2.04. The van der Waals surface area contributed by atoms with Gasteiger partial charge in [0.15, 0.2) is 5.82 Å². The van der Waals surface area contributed by atoms with Gasteiger partial charge in [0.2, 0.25) is 5.95 Å². The smallest absolute Gasteiger partial charge is 0.224 e. The molecule has 0 aliphatic rings. The van der Waals surface area contributed by atoms with Gasteiger partial charge in [-0.25, -0.2) is 4.98 Å². The van der Waals surface area contributed by atoms with Crippen LogP contribution in [-0.4, -0.2) is 23.1 Å². The number of nitrogens with one attached hydrogen (secondary N) is 2. The van der Waals surface area contributed by atoms with Gasteiger partial charge in [-0.1, -0.05) is 11.6 Å². The van der Waals surface area contributed by atoms with Crippen molar-refractivity contribution in [2.75, 3.05) is 17.7 Å². The number of anilines is 2. The third-order valence-electron chi connectivity index (χ3n) is 1.39. The molecule has 0 amide bonds. The maximum absolute atomic E-state index is 5.88. The zero-order valence-electron chi connectivity index (χ0n) is 7.93. The molecule has 0 bridgehead atoms. The Labute approximate surface area is 82.7 Å². The highest BCUT2D eigenvalue weighted by molar-refractivity contribution is 6.32. The van der Waals surface area contributed by atoms with E-state index in [1.807, 2.05) is 13.8 Å². The normalized spacial score (nSPS) is 10.2. The molecule has 13 heavy (non-hydrogen) atoms. The Morgan fingerprint density at radius 3 is 2.69 bits per heavy atom. The van der Waals surface area contributed by atoms with Gasteiger partial charge in [0.05, 0.1) is 6.20 Å². The van der Waals surface area contributed by atoms with Crippen molar-refractivity contribution in [2.24, 2.45) is 0 Å². The Hall–Kier alpha value is -1.03. The standard InChI is InChI=1S/C8H13ClN4/c1-5(2)12-7-6(9)4-11-8(10-3)13-7/h4-5H,1-3H3,(H2,10,11,12,13). The molecule has 0 saturated carbocycles. The molecule has 0 spiro atoms. The second-order valence-electron chi connectivity index (χ2n) is 2.94. The van der Waals surface area contributed by atoms with Gasteiger partial charge in [0.1, 0.15) is 5.02 Å². The average Bonchev–Trinajstić information content (AvgIpc) is 2.08. The van der Waals surface area contributed by atoms with Gasteiger partial charge < -0.3 is 10.6 Å². The fourth-order valence-electron chi connectivity index (χ4n) is 0.862. The predicted octanol–water partition coefficient (Wildman–Crippen LogP) is 1.99. The Morgan fingerprint density at radius 1 is 1.46 bits per heavy atom. The largest absolute Gasteiger partial charge is 0.366 e. The molecule has 0 saturated heterocycles. The van der Waals surface area contributed by atoms with Crippen molar-refractivity contribution in [1.82, 2.24) is 9.97 Å². The number of aromatic nitrogens is 2. The van der Waals surface area contributed by atoms with Crippen molar-refractivity contribution in [2.45, 2.75) is 19.9 Å². The first-order chi connectivity index (χ1) is 6.13. The van der Waals surface area contributed by atoms with E-state index in [1.165, 1.54) is 0 Å². The summed E-state index contributed by atoms with van der Waals surface area (Å²) < 4.78 is 0. The predicted molar refractivity (Wildman–Crippen MR) is 55.3 cm³/mol. The molecule has 0 aromatic carbocycles. The number of nitrogens with zero attached hydrogens (tertiary/aromatic N) is 2. The Kier molecular flexibility index (Phi) is 3.31. The zero-order valence-corrected chi connectivity index (χ0v) is 8.68. The van der Waals surface area contributed by atoms with Crippen molar-refractivity contribution < 1.29 is 0 Å². The minimum atomic E-state index is 0.303. The van der Waals surface area contributed by atoms with E-state index in [9.17, 15) is 0 Å². The van der Waals surface area contributed by atoms with Crippen LogP contribution in [0.2, 0.25) is 5.02 Å². The lowest BCUT2D eigenvalue weighted by molar-refractivity contribution is 0.887. The minimum Gasteiger partial charge on any atom is -0.366 e. The number of rotatable bonds is 3. The van der Waals surface area contributed by atoms with E-state index in [1.54, 1.807) is 13.2 Å². The van der Waals surface area contributed by atoms with Crippen LogP contribution in [0.1, 0.15) is 13.8 Å². The molecular weight excluding hydrogens is 188 g/mol. The molecule has 0 aliphatic carbocycles. The van der Waals surface area contributed by atoms with E-state index in [0.29, 0.717) is 22.8 Å². The lowest BCUT2D eigenvalue weighted by atomic mass is 10.4. The molecule has 1 heterocycles. The maximum Gasteiger partial charge on any atom is 0.224 e. The number of hydrogen-bond donors (Lipinski definition) is 2.